The van der Waals surface area contributed by atoms with E-state index in [1.807, 2.05) is 103 Å². The Balaban J connectivity index is 0.000000180. The summed E-state index contributed by atoms with van der Waals surface area (Å²) in [6.07, 6.45) is 3.83. The molecule has 0 saturated carbocycles. The van der Waals surface area contributed by atoms with Gasteiger partial charge in [0.2, 0.25) is 11.8 Å². The van der Waals surface area contributed by atoms with Gasteiger partial charge in [0.05, 0.1) is 14.2 Å². The molecule has 0 bridgehead atoms. The van der Waals surface area contributed by atoms with Gasteiger partial charge < -0.3 is 24.1 Å². The number of aromatic hydroxyl groups is 1. The van der Waals surface area contributed by atoms with Crippen LogP contribution in [0.15, 0.2) is 94.5 Å². The molecule has 14 heteroatoms. The normalized spacial score (nSPS) is 12.6. The molecule has 0 amide bonds. The zero-order valence-electron chi connectivity index (χ0n) is 36.2. The summed E-state index contributed by atoms with van der Waals surface area (Å²) in [5, 5.41) is 10.7. The standard InChI is InChI=1S/C23H24N2O4.C21H22N2O3.C4H6O3/c1-15-6-7-18(17-8-10-19(28-3)11-9-17)14-20(15)21-22(27)24-12-4-5-13-25(24)23(21)29-16(2)26;1-14-5-6-16(15-7-9-17(26-2)10-8-15)13-18(14)19-20(24)22-11-3-4-12-23(22)21(19)25;1-3(5)7-4(2)6/h6-11,14H,4-5,12-13H2,1-3H3;5-10,13,24H,3-4,11-12H2,1-2H3;1-2H3. The molecule has 2 aliphatic heterocycles. The molecule has 4 aromatic carbocycles. The summed E-state index contributed by atoms with van der Waals surface area (Å²) in [4.78, 5) is 57.5. The number of hydrogen-bond acceptors (Lipinski definition) is 10. The zero-order chi connectivity index (χ0) is 44.7. The highest BCUT2D eigenvalue weighted by molar-refractivity contribution is 5.83. The van der Waals surface area contributed by atoms with E-state index in [2.05, 4.69) is 4.74 Å². The Bertz CT molecular complexity index is 2710. The topological polar surface area (TPSA) is 162 Å². The van der Waals surface area contributed by atoms with Gasteiger partial charge in [-0.05, 0) is 120 Å². The van der Waals surface area contributed by atoms with Crippen LogP contribution in [0.25, 0.3) is 44.5 Å². The Morgan fingerprint density at radius 3 is 1.31 bits per heavy atom. The number of esters is 3. The fourth-order valence-electron chi connectivity index (χ4n) is 7.70. The quantitative estimate of drug-likeness (QED) is 0.123. The van der Waals surface area contributed by atoms with Crippen LogP contribution in [0, 0.1) is 13.8 Å². The minimum Gasteiger partial charge on any atom is -0.497 e. The maximum absolute atomic E-state index is 13.2. The van der Waals surface area contributed by atoms with Crippen LogP contribution in [0.3, 0.4) is 0 Å². The van der Waals surface area contributed by atoms with E-state index in [0.29, 0.717) is 43.2 Å². The highest BCUT2D eigenvalue weighted by Gasteiger charge is 2.27. The number of nitrogens with zero attached hydrogens (tertiary/aromatic N) is 4. The predicted octanol–water partition coefficient (Wildman–Crippen LogP) is 7.92. The van der Waals surface area contributed by atoms with Crippen molar-refractivity contribution in [3.8, 4) is 67.8 Å². The minimum atomic E-state index is -0.562. The summed E-state index contributed by atoms with van der Waals surface area (Å²) in [7, 11) is 3.28. The molecule has 324 valence electrons. The lowest BCUT2D eigenvalue weighted by Gasteiger charge is -2.18. The number of fused-ring (bicyclic) bond motifs is 2. The summed E-state index contributed by atoms with van der Waals surface area (Å²) >= 11 is 0. The molecule has 0 radical (unpaired) electrons. The molecule has 1 N–H and O–H groups in total. The van der Waals surface area contributed by atoms with Crippen LogP contribution in [-0.2, 0) is 45.3 Å². The van der Waals surface area contributed by atoms with Crippen molar-refractivity contribution in [3.05, 3.63) is 117 Å². The first-order valence-electron chi connectivity index (χ1n) is 20.5. The lowest BCUT2D eigenvalue weighted by atomic mass is 9.96. The van der Waals surface area contributed by atoms with Crippen LogP contribution in [0.4, 0.5) is 0 Å². The minimum absolute atomic E-state index is 0.0738. The Morgan fingerprint density at radius 1 is 0.516 bits per heavy atom. The predicted molar refractivity (Wildman–Crippen MR) is 236 cm³/mol. The number of aryl methyl sites for hydroxylation is 2. The third kappa shape index (κ3) is 9.75. The van der Waals surface area contributed by atoms with Crippen LogP contribution < -0.4 is 25.3 Å². The highest BCUT2D eigenvalue weighted by atomic mass is 16.6. The molecule has 0 spiro atoms. The van der Waals surface area contributed by atoms with Gasteiger partial charge >= 0.3 is 17.9 Å². The number of carbonyl (C=O) groups is 3. The second-order valence-corrected chi connectivity index (χ2v) is 15.1. The number of aromatic nitrogens is 4. The second kappa shape index (κ2) is 19.5. The van der Waals surface area contributed by atoms with Crippen molar-refractivity contribution < 1.29 is 38.4 Å². The van der Waals surface area contributed by atoms with Gasteiger partial charge in [-0.1, -0.05) is 48.5 Å². The molecule has 0 fully saturated rings. The maximum atomic E-state index is 13.2. The average Bonchev–Trinajstić information content (AvgIpc) is 3.68. The van der Waals surface area contributed by atoms with Gasteiger partial charge in [0.25, 0.3) is 11.1 Å². The molecule has 2 aliphatic rings. The van der Waals surface area contributed by atoms with Crippen molar-refractivity contribution in [2.45, 2.75) is 86.5 Å². The first kappa shape index (κ1) is 44.5. The third-order valence-electron chi connectivity index (χ3n) is 10.8. The molecular formula is C48H52N4O10. The van der Waals surface area contributed by atoms with Crippen molar-refractivity contribution in [2.24, 2.45) is 0 Å². The van der Waals surface area contributed by atoms with Crippen molar-refractivity contribution >= 4 is 17.9 Å². The molecule has 14 nitrogen and oxygen atoms in total. The van der Waals surface area contributed by atoms with Crippen LogP contribution in [0.2, 0.25) is 0 Å². The van der Waals surface area contributed by atoms with Gasteiger partial charge in [0, 0.05) is 47.0 Å². The summed E-state index contributed by atoms with van der Waals surface area (Å²) in [6.45, 7) is 10.3. The first-order valence-corrected chi connectivity index (χ1v) is 20.5. The van der Waals surface area contributed by atoms with E-state index < -0.39 is 17.9 Å². The Hall–Kier alpha value is -7.09. The van der Waals surface area contributed by atoms with E-state index in [0.717, 1.165) is 81.7 Å². The fraction of sp³-hybridized carbons (Fsp3) is 0.312. The number of methoxy groups -OCH3 is 2. The van der Waals surface area contributed by atoms with Gasteiger partial charge in [-0.25, -0.2) is 9.36 Å². The molecule has 2 aromatic heterocycles. The van der Waals surface area contributed by atoms with Gasteiger partial charge in [0.1, 0.15) is 22.6 Å². The van der Waals surface area contributed by atoms with Gasteiger partial charge in [-0.2, -0.15) is 0 Å². The molecule has 0 aliphatic carbocycles. The number of benzene rings is 4. The van der Waals surface area contributed by atoms with E-state index >= 15 is 0 Å². The number of hydrogen-bond donors (Lipinski definition) is 1. The van der Waals surface area contributed by atoms with Crippen molar-refractivity contribution in [1.82, 2.24) is 18.7 Å². The summed E-state index contributed by atoms with van der Waals surface area (Å²) < 4.78 is 26.8. The van der Waals surface area contributed by atoms with Crippen LogP contribution in [-0.4, -0.2) is 56.0 Å². The molecule has 0 saturated heterocycles. The molecule has 8 rings (SSSR count). The lowest BCUT2D eigenvalue weighted by molar-refractivity contribution is -0.156. The van der Waals surface area contributed by atoms with E-state index in [1.54, 1.807) is 28.3 Å². The third-order valence-corrected chi connectivity index (χ3v) is 10.8. The van der Waals surface area contributed by atoms with Crippen LogP contribution in [0.5, 0.6) is 23.3 Å². The smallest absolute Gasteiger partial charge is 0.310 e. The van der Waals surface area contributed by atoms with Gasteiger partial charge in [-0.15, -0.1) is 0 Å². The Kier molecular flexibility index (Phi) is 14.0. The van der Waals surface area contributed by atoms with Gasteiger partial charge in [-0.3, -0.25) is 33.3 Å². The van der Waals surface area contributed by atoms with E-state index in [9.17, 15) is 29.1 Å². The second-order valence-electron chi connectivity index (χ2n) is 15.1. The molecule has 6 aromatic rings. The number of rotatable bonds is 7. The van der Waals surface area contributed by atoms with Crippen molar-refractivity contribution in [1.29, 1.82) is 0 Å². The summed E-state index contributed by atoms with van der Waals surface area (Å²) in [5.74, 6) is 0.456. The van der Waals surface area contributed by atoms with E-state index in [-0.39, 0.29) is 17.0 Å². The molecule has 0 unspecified atom stereocenters. The fourth-order valence-corrected chi connectivity index (χ4v) is 7.70. The van der Waals surface area contributed by atoms with Crippen molar-refractivity contribution in [3.63, 3.8) is 0 Å². The van der Waals surface area contributed by atoms with Crippen LogP contribution >= 0.6 is 0 Å². The number of ether oxygens (including phenoxy) is 4. The summed E-state index contributed by atoms with van der Waals surface area (Å²) in [6, 6.07) is 27.6. The molecule has 0 atom stereocenters. The Morgan fingerprint density at radius 2 is 0.903 bits per heavy atom. The Labute approximate surface area is 359 Å². The molecular weight excluding hydrogens is 793 g/mol. The SMILES string of the molecule is CC(=O)OC(C)=O.COc1ccc(-c2ccc(C)c(-c3c(O)n4n(c3=O)CCCC4)c2)cc1.COc1ccc(-c2ccc(C)c(-c3c(OC(C)=O)n4n(c3=O)CCCC4)c2)cc1. The maximum Gasteiger partial charge on any atom is 0.310 e. The van der Waals surface area contributed by atoms with Crippen molar-refractivity contribution in [2.75, 3.05) is 14.2 Å². The van der Waals surface area contributed by atoms with Gasteiger partial charge in [0.15, 0.2) is 0 Å². The summed E-state index contributed by atoms with van der Waals surface area (Å²) in [5.41, 5.74) is 8.17. The van der Waals surface area contributed by atoms with E-state index in [1.165, 1.54) is 20.8 Å². The molecule has 62 heavy (non-hydrogen) atoms. The zero-order valence-corrected chi connectivity index (χ0v) is 36.2. The largest absolute Gasteiger partial charge is 0.497 e. The number of carbonyl (C=O) groups excluding carboxylic acids is 3. The highest BCUT2D eigenvalue weighted by Crippen LogP contribution is 2.36. The molecule has 4 heterocycles. The first-order chi connectivity index (χ1) is 29.7. The lowest BCUT2D eigenvalue weighted by Crippen LogP contribution is -2.27. The average molecular weight is 845 g/mol. The van der Waals surface area contributed by atoms with Crippen LogP contribution in [0.1, 0.15) is 57.6 Å². The monoisotopic (exact) mass is 844 g/mol. The van der Waals surface area contributed by atoms with E-state index in [4.69, 9.17) is 14.2 Å².